The van der Waals surface area contributed by atoms with Crippen molar-refractivity contribution >= 4 is 21.7 Å². The minimum atomic E-state index is -3.20. The van der Waals surface area contributed by atoms with Crippen molar-refractivity contribution in [1.29, 1.82) is 0 Å². The van der Waals surface area contributed by atoms with E-state index in [0.717, 1.165) is 17.5 Å². The van der Waals surface area contributed by atoms with Crippen molar-refractivity contribution in [2.45, 2.75) is 32.6 Å². The Kier molecular flexibility index (Phi) is 6.80. The molecule has 1 aliphatic heterocycles. The molecule has 6 nitrogen and oxygen atoms in total. The van der Waals surface area contributed by atoms with Crippen LogP contribution in [0.2, 0.25) is 0 Å². The summed E-state index contributed by atoms with van der Waals surface area (Å²) in [6, 6.07) is 13.7. The number of aromatic nitrogens is 1. The normalized spacial score (nSPS) is 16.0. The molecule has 1 saturated heterocycles. The van der Waals surface area contributed by atoms with Gasteiger partial charge in [-0.25, -0.2) is 17.7 Å². The van der Waals surface area contributed by atoms with E-state index in [2.05, 4.69) is 10.3 Å². The first-order valence-electron chi connectivity index (χ1n) is 9.80. The van der Waals surface area contributed by atoms with E-state index in [9.17, 15) is 13.2 Å². The molecular weight excluding hydrogens is 374 g/mol. The maximum Gasteiger partial charge on any atom is 0.228 e. The van der Waals surface area contributed by atoms with Crippen LogP contribution < -0.4 is 5.32 Å². The second-order valence-electron chi connectivity index (χ2n) is 7.13. The van der Waals surface area contributed by atoms with Gasteiger partial charge in [0.2, 0.25) is 15.9 Å². The number of sulfonamides is 1. The molecule has 1 aromatic carbocycles. The van der Waals surface area contributed by atoms with Crippen molar-refractivity contribution in [1.82, 2.24) is 9.29 Å². The second kappa shape index (κ2) is 9.30. The van der Waals surface area contributed by atoms with E-state index in [1.165, 1.54) is 4.31 Å². The van der Waals surface area contributed by atoms with E-state index in [1.807, 2.05) is 43.3 Å². The van der Waals surface area contributed by atoms with Gasteiger partial charge in [-0.15, -0.1) is 0 Å². The van der Waals surface area contributed by atoms with Gasteiger partial charge in [0.15, 0.2) is 0 Å². The van der Waals surface area contributed by atoms with E-state index in [0.29, 0.717) is 38.2 Å². The lowest BCUT2D eigenvalue weighted by Gasteiger charge is -2.30. The summed E-state index contributed by atoms with van der Waals surface area (Å²) in [5, 5.41) is 2.86. The van der Waals surface area contributed by atoms with Gasteiger partial charge in [0.1, 0.15) is 5.82 Å². The zero-order chi connectivity index (χ0) is 20.0. The van der Waals surface area contributed by atoms with Crippen molar-refractivity contribution in [3.8, 4) is 11.1 Å². The van der Waals surface area contributed by atoms with Crippen molar-refractivity contribution in [3.63, 3.8) is 0 Å². The predicted octanol–water partition coefficient (Wildman–Crippen LogP) is 3.53. The smallest absolute Gasteiger partial charge is 0.228 e. The van der Waals surface area contributed by atoms with Crippen LogP contribution >= 0.6 is 0 Å². The third kappa shape index (κ3) is 5.17. The average molecular weight is 402 g/mol. The minimum Gasteiger partial charge on any atom is -0.310 e. The maximum absolute atomic E-state index is 12.5. The zero-order valence-electron chi connectivity index (χ0n) is 16.2. The number of unbranched alkanes of at least 4 members (excludes halogenated alkanes) is 1. The molecule has 0 radical (unpaired) electrons. The van der Waals surface area contributed by atoms with Crippen molar-refractivity contribution < 1.29 is 13.2 Å². The summed E-state index contributed by atoms with van der Waals surface area (Å²) in [7, 11) is -3.20. The monoisotopic (exact) mass is 401 g/mol. The molecule has 0 atom stereocenters. The molecule has 0 saturated carbocycles. The van der Waals surface area contributed by atoms with E-state index in [1.54, 1.807) is 12.3 Å². The number of benzene rings is 1. The average Bonchev–Trinajstić information content (AvgIpc) is 2.73. The lowest BCUT2D eigenvalue weighted by molar-refractivity contribution is -0.120. The number of rotatable bonds is 7. The maximum atomic E-state index is 12.5. The van der Waals surface area contributed by atoms with Crippen LogP contribution in [-0.4, -0.2) is 42.5 Å². The van der Waals surface area contributed by atoms with Gasteiger partial charge in [-0.1, -0.05) is 43.7 Å². The molecule has 150 valence electrons. The molecule has 2 aromatic rings. The Balaban J connectivity index is 1.53. The first kappa shape index (κ1) is 20.5. The number of carbonyl (C=O) groups is 1. The summed E-state index contributed by atoms with van der Waals surface area (Å²) in [6.07, 6.45) is 4.36. The van der Waals surface area contributed by atoms with Gasteiger partial charge in [-0.2, -0.15) is 0 Å². The number of piperidine rings is 1. The third-order valence-corrected chi connectivity index (χ3v) is 7.05. The van der Waals surface area contributed by atoms with E-state index in [-0.39, 0.29) is 17.6 Å². The van der Waals surface area contributed by atoms with Gasteiger partial charge in [-0.05, 0) is 37.0 Å². The lowest BCUT2D eigenvalue weighted by Crippen LogP contribution is -2.42. The molecule has 7 heteroatoms. The Morgan fingerprint density at radius 1 is 1.11 bits per heavy atom. The van der Waals surface area contributed by atoms with Gasteiger partial charge in [0.05, 0.1) is 5.75 Å². The Morgan fingerprint density at radius 3 is 2.43 bits per heavy atom. The van der Waals surface area contributed by atoms with Crippen LogP contribution in [0.3, 0.4) is 0 Å². The topological polar surface area (TPSA) is 79.4 Å². The number of anilines is 1. The zero-order valence-corrected chi connectivity index (χ0v) is 17.0. The molecule has 3 rings (SSSR count). The second-order valence-corrected chi connectivity index (χ2v) is 9.22. The molecule has 1 amide bonds. The molecule has 1 aliphatic rings. The number of nitrogens with zero attached hydrogens (tertiary/aromatic N) is 2. The molecule has 28 heavy (non-hydrogen) atoms. The molecular formula is C21H27N3O3S. The highest BCUT2D eigenvalue weighted by molar-refractivity contribution is 7.89. The highest BCUT2D eigenvalue weighted by Gasteiger charge is 2.30. The number of nitrogens with one attached hydrogen (secondary N) is 1. The fourth-order valence-electron chi connectivity index (χ4n) is 3.35. The summed E-state index contributed by atoms with van der Waals surface area (Å²) < 4.78 is 26.1. The van der Waals surface area contributed by atoms with Crippen LogP contribution in [0, 0.1) is 5.92 Å². The van der Waals surface area contributed by atoms with E-state index < -0.39 is 10.0 Å². The van der Waals surface area contributed by atoms with Gasteiger partial charge >= 0.3 is 0 Å². The highest BCUT2D eigenvalue weighted by atomic mass is 32.2. The van der Waals surface area contributed by atoms with Crippen molar-refractivity contribution in [2.75, 3.05) is 24.2 Å². The quantitative estimate of drug-likeness (QED) is 0.770. The molecule has 0 bridgehead atoms. The summed E-state index contributed by atoms with van der Waals surface area (Å²) in [5.41, 5.74) is 2.06. The van der Waals surface area contributed by atoms with Gasteiger partial charge in [0, 0.05) is 30.8 Å². The molecule has 1 N–H and O–H groups in total. The largest absolute Gasteiger partial charge is 0.310 e. The summed E-state index contributed by atoms with van der Waals surface area (Å²) in [4.78, 5) is 16.9. The molecule has 0 aliphatic carbocycles. The third-order valence-electron chi connectivity index (χ3n) is 5.10. The van der Waals surface area contributed by atoms with E-state index in [4.69, 9.17) is 0 Å². The fourth-order valence-corrected chi connectivity index (χ4v) is 5.03. The van der Waals surface area contributed by atoms with E-state index >= 15 is 0 Å². The molecule has 0 unspecified atom stereocenters. The number of hydrogen-bond donors (Lipinski definition) is 1. The highest BCUT2D eigenvalue weighted by Crippen LogP contribution is 2.23. The number of amides is 1. The molecule has 1 fully saturated rings. The van der Waals surface area contributed by atoms with Crippen molar-refractivity contribution in [3.05, 3.63) is 48.7 Å². The minimum absolute atomic E-state index is 0.0921. The number of pyridine rings is 1. The van der Waals surface area contributed by atoms with Crippen LogP contribution in [0.15, 0.2) is 48.7 Å². The van der Waals surface area contributed by atoms with Crippen LogP contribution in [0.1, 0.15) is 32.6 Å². The molecule has 1 aromatic heterocycles. The molecule has 0 spiro atoms. The summed E-state index contributed by atoms with van der Waals surface area (Å²) >= 11 is 0. The predicted molar refractivity (Wildman–Crippen MR) is 111 cm³/mol. The van der Waals surface area contributed by atoms with Gasteiger partial charge in [0.25, 0.3) is 0 Å². The SMILES string of the molecule is CCCCS(=O)(=O)N1CCC(C(=O)Nc2ccc(-c3ccccc3)cn2)CC1. The Labute approximate surface area is 167 Å². The first-order valence-corrected chi connectivity index (χ1v) is 11.4. The van der Waals surface area contributed by atoms with Crippen molar-refractivity contribution in [2.24, 2.45) is 5.92 Å². The van der Waals surface area contributed by atoms with Crippen LogP contribution in [-0.2, 0) is 14.8 Å². The van der Waals surface area contributed by atoms with Gasteiger partial charge < -0.3 is 5.32 Å². The lowest BCUT2D eigenvalue weighted by atomic mass is 9.97. The Hall–Kier alpha value is -2.25. The number of hydrogen-bond acceptors (Lipinski definition) is 4. The number of carbonyl (C=O) groups excluding carboxylic acids is 1. The molecule has 2 heterocycles. The summed E-state index contributed by atoms with van der Waals surface area (Å²) in [5.74, 6) is 0.430. The fraction of sp³-hybridized carbons (Fsp3) is 0.429. The Bertz CT molecular complexity index is 875. The van der Waals surface area contributed by atoms with Crippen LogP contribution in [0.4, 0.5) is 5.82 Å². The first-order chi connectivity index (χ1) is 13.5. The van der Waals surface area contributed by atoms with Gasteiger partial charge in [-0.3, -0.25) is 4.79 Å². The van der Waals surface area contributed by atoms with Crippen LogP contribution in [0.25, 0.3) is 11.1 Å². The standard InChI is InChI=1S/C21H27N3O3S/c1-2-3-15-28(26,27)24-13-11-18(12-14-24)21(25)23-20-10-9-19(16-22-20)17-7-5-4-6-8-17/h4-10,16,18H,2-3,11-15H2,1H3,(H,22,23,25). The summed E-state index contributed by atoms with van der Waals surface area (Å²) in [6.45, 7) is 2.79. The Morgan fingerprint density at radius 2 is 1.82 bits per heavy atom. The van der Waals surface area contributed by atoms with Crippen LogP contribution in [0.5, 0.6) is 0 Å².